The van der Waals surface area contributed by atoms with E-state index in [0.717, 1.165) is 24.3 Å². The number of hydrogen-bond acceptors (Lipinski definition) is 2. The summed E-state index contributed by atoms with van der Waals surface area (Å²) in [6.07, 6.45) is 10.8. The zero-order chi connectivity index (χ0) is 22.1. The molecule has 4 aliphatic carbocycles. The van der Waals surface area contributed by atoms with E-state index >= 15 is 0 Å². The first-order valence-corrected chi connectivity index (χ1v) is 15.2. The Kier molecular flexibility index (Phi) is 5.42. The Morgan fingerprint density at radius 3 is 2.43 bits per heavy atom. The van der Waals surface area contributed by atoms with E-state index in [1.54, 1.807) is 5.57 Å². The van der Waals surface area contributed by atoms with Gasteiger partial charge in [0.25, 0.3) is 0 Å². The fourth-order valence-corrected chi connectivity index (χ4v) is 8.86. The Labute approximate surface area is 186 Å². The molecule has 0 spiro atoms. The molecule has 4 rings (SSSR count). The van der Waals surface area contributed by atoms with Gasteiger partial charge in [0.05, 0.1) is 6.10 Å². The van der Waals surface area contributed by atoms with Gasteiger partial charge < -0.3 is 9.53 Å². The summed E-state index contributed by atoms with van der Waals surface area (Å²) in [4.78, 5) is 0. The molecule has 0 amide bonds. The smallest absolute Gasteiger partial charge is 0.192 e. The van der Waals surface area contributed by atoms with Crippen molar-refractivity contribution in [3.63, 3.8) is 0 Å². The molecule has 3 fully saturated rings. The van der Waals surface area contributed by atoms with Crippen LogP contribution in [-0.2, 0) is 4.43 Å². The monoisotopic (exact) mass is 428 g/mol. The Hall–Kier alpha value is -0.603. The van der Waals surface area contributed by atoms with E-state index in [-0.39, 0.29) is 16.6 Å². The van der Waals surface area contributed by atoms with Gasteiger partial charge in [0.2, 0.25) is 0 Å². The van der Waals surface area contributed by atoms with Gasteiger partial charge in [0.15, 0.2) is 8.32 Å². The van der Waals surface area contributed by atoms with E-state index in [4.69, 9.17) is 4.43 Å². The number of hydrogen-bond donors (Lipinski definition) is 1. The van der Waals surface area contributed by atoms with Gasteiger partial charge in [-0.3, -0.25) is 0 Å². The second-order valence-electron chi connectivity index (χ2n) is 12.8. The lowest BCUT2D eigenvalue weighted by molar-refractivity contribution is -0.0263. The maximum absolute atomic E-state index is 10.7. The third-order valence-electron chi connectivity index (χ3n) is 10.3. The van der Waals surface area contributed by atoms with E-state index in [1.165, 1.54) is 32.1 Å². The minimum absolute atomic E-state index is 0.104. The van der Waals surface area contributed by atoms with Crippen LogP contribution in [-0.4, -0.2) is 25.6 Å². The van der Waals surface area contributed by atoms with Gasteiger partial charge in [-0.25, -0.2) is 0 Å². The molecule has 0 heterocycles. The molecule has 0 aromatic carbocycles. The van der Waals surface area contributed by atoms with Crippen LogP contribution in [0.1, 0.15) is 79.6 Å². The highest BCUT2D eigenvalue weighted by Gasteiger charge is 2.59. The average molecular weight is 429 g/mol. The second kappa shape index (κ2) is 7.20. The molecule has 0 aromatic rings. The molecule has 0 unspecified atom stereocenters. The first kappa shape index (κ1) is 22.6. The van der Waals surface area contributed by atoms with Gasteiger partial charge in [0.1, 0.15) is 0 Å². The minimum Gasteiger partial charge on any atom is -0.414 e. The van der Waals surface area contributed by atoms with Gasteiger partial charge in [-0.05, 0) is 86.2 Å². The first-order chi connectivity index (χ1) is 13.8. The molecule has 2 nitrogen and oxygen atoms in total. The van der Waals surface area contributed by atoms with Gasteiger partial charge in [0, 0.05) is 17.1 Å². The zero-order valence-electron chi connectivity index (χ0n) is 20.5. The predicted octanol–water partition coefficient (Wildman–Crippen LogP) is 7.02. The predicted molar refractivity (Wildman–Crippen MR) is 128 cm³/mol. The molecule has 7 atom stereocenters. The average Bonchev–Trinajstić information content (AvgIpc) is 2.90. The molecule has 0 aliphatic heterocycles. The lowest BCUT2D eigenvalue weighted by Crippen LogP contribution is -2.51. The van der Waals surface area contributed by atoms with Crippen molar-refractivity contribution in [1.29, 1.82) is 0 Å². The van der Waals surface area contributed by atoms with Gasteiger partial charge in [-0.15, -0.1) is 5.73 Å². The van der Waals surface area contributed by atoms with Crippen LogP contribution in [0.3, 0.4) is 0 Å². The summed E-state index contributed by atoms with van der Waals surface area (Å²) >= 11 is 0. The third-order valence-corrected chi connectivity index (χ3v) is 14.9. The Morgan fingerprint density at radius 2 is 1.80 bits per heavy atom. The largest absolute Gasteiger partial charge is 0.414 e. The fourth-order valence-electron chi connectivity index (χ4n) is 7.47. The van der Waals surface area contributed by atoms with E-state index in [2.05, 4.69) is 66.1 Å². The van der Waals surface area contributed by atoms with Crippen LogP contribution < -0.4 is 0 Å². The summed E-state index contributed by atoms with van der Waals surface area (Å²) < 4.78 is 6.85. The summed E-state index contributed by atoms with van der Waals surface area (Å²) in [5.41, 5.74) is 6.34. The highest BCUT2D eigenvalue weighted by molar-refractivity contribution is 6.74. The molecular formula is C27H44O2Si. The lowest BCUT2D eigenvalue weighted by atomic mass is 9.48. The first-order valence-electron chi connectivity index (χ1n) is 12.3. The van der Waals surface area contributed by atoms with Crippen molar-refractivity contribution in [3.8, 4) is 0 Å². The van der Waals surface area contributed by atoms with E-state index in [9.17, 15) is 5.11 Å². The summed E-state index contributed by atoms with van der Waals surface area (Å²) in [5.74, 6) is 2.02. The third kappa shape index (κ3) is 3.27. The summed E-state index contributed by atoms with van der Waals surface area (Å²) in [7, 11) is -1.73. The molecule has 0 saturated heterocycles. The number of allylic oxidation sites excluding steroid dienone is 1. The summed E-state index contributed by atoms with van der Waals surface area (Å²) in [5, 5.41) is 11.0. The van der Waals surface area contributed by atoms with Crippen LogP contribution in [0.4, 0.5) is 0 Å². The molecule has 0 radical (unpaired) electrons. The summed E-state index contributed by atoms with van der Waals surface area (Å²) in [6.45, 7) is 20.7. The lowest BCUT2D eigenvalue weighted by Gasteiger charge is -2.57. The highest BCUT2D eigenvalue weighted by atomic mass is 28.4. The maximum atomic E-state index is 10.7. The van der Waals surface area contributed by atoms with Crippen LogP contribution in [0.5, 0.6) is 0 Å². The van der Waals surface area contributed by atoms with Crippen LogP contribution >= 0.6 is 0 Å². The van der Waals surface area contributed by atoms with Crippen LogP contribution in [0, 0.1) is 28.6 Å². The molecule has 168 valence electrons. The van der Waals surface area contributed by atoms with Gasteiger partial charge >= 0.3 is 0 Å². The van der Waals surface area contributed by atoms with E-state index in [0.29, 0.717) is 23.4 Å². The van der Waals surface area contributed by atoms with Gasteiger partial charge in [-0.2, -0.15) is 0 Å². The van der Waals surface area contributed by atoms with Crippen LogP contribution in [0.2, 0.25) is 18.1 Å². The van der Waals surface area contributed by atoms with Crippen molar-refractivity contribution in [2.75, 3.05) is 0 Å². The Morgan fingerprint density at radius 1 is 1.13 bits per heavy atom. The quantitative estimate of drug-likeness (QED) is 0.291. The molecule has 3 heteroatoms. The van der Waals surface area contributed by atoms with Crippen molar-refractivity contribution in [1.82, 2.24) is 0 Å². The molecule has 3 saturated carbocycles. The molecule has 1 N–H and O–H groups in total. The maximum Gasteiger partial charge on any atom is 0.192 e. The SMILES string of the molecule is C=C=C1[C@H](O)C[C@H]2[C@@H]3CC=C4C[C@@H](O[Si](C)(C)C(C)(C)C)CC[C@]4(C)[C@H]3CC[C@]12C. The number of aliphatic hydroxyl groups is 1. The zero-order valence-corrected chi connectivity index (χ0v) is 21.5. The second-order valence-corrected chi connectivity index (χ2v) is 17.6. The molecule has 4 aliphatic rings. The van der Waals surface area contributed by atoms with Crippen LogP contribution in [0.25, 0.3) is 0 Å². The van der Waals surface area contributed by atoms with Crippen molar-refractivity contribution < 1.29 is 9.53 Å². The molecule has 0 aromatic heterocycles. The van der Waals surface area contributed by atoms with Crippen molar-refractivity contribution in [3.05, 3.63) is 29.5 Å². The summed E-state index contributed by atoms with van der Waals surface area (Å²) in [6, 6.07) is 0. The normalized spacial score (nSPS) is 43.9. The highest BCUT2D eigenvalue weighted by Crippen LogP contribution is 2.66. The van der Waals surface area contributed by atoms with Crippen molar-refractivity contribution >= 4 is 8.32 Å². The number of rotatable bonds is 2. The molecule has 30 heavy (non-hydrogen) atoms. The van der Waals surface area contributed by atoms with Crippen LogP contribution in [0.15, 0.2) is 29.5 Å². The number of aliphatic hydroxyl groups excluding tert-OH is 1. The van der Waals surface area contributed by atoms with Gasteiger partial charge in [-0.1, -0.05) is 52.8 Å². The number of fused-ring (bicyclic) bond motifs is 5. The molecule has 0 bridgehead atoms. The fraction of sp³-hybridized carbons (Fsp3) is 0.815. The Balaban J connectivity index is 1.56. The molecular weight excluding hydrogens is 384 g/mol. The topological polar surface area (TPSA) is 29.5 Å². The van der Waals surface area contributed by atoms with Crippen molar-refractivity contribution in [2.24, 2.45) is 28.6 Å². The minimum atomic E-state index is -1.73. The van der Waals surface area contributed by atoms with Crippen molar-refractivity contribution in [2.45, 2.75) is 110 Å². The van der Waals surface area contributed by atoms with E-state index < -0.39 is 8.32 Å². The van der Waals surface area contributed by atoms with E-state index in [1.807, 2.05) is 0 Å². The Bertz CT molecular complexity index is 783. The standard InChI is InChI=1S/C27H44O2Si/c1-9-21-24(28)17-23-20-11-10-18-16-19(29-30(7,8)25(2,3)4)12-14-26(18,5)22(20)13-15-27(21,23)6/h10,19-20,22-24,28H,1,11-17H2,2-8H3/t19-,20+,22-,23-,24+,26-,27+/m0/s1.